The van der Waals surface area contributed by atoms with Crippen molar-refractivity contribution < 1.29 is 26.8 Å². The fourth-order valence-corrected chi connectivity index (χ4v) is 2.70. The summed E-state index contributed by atoms with van der Waals surface area (Å²) >= 11 is 0. The lowest BCUT2D eigenvalue weighted by Gasteiger charge is -2.33. The van der Waals surface area contributed by atoms with Gasteiger partial charge in [-0.3, -0.25) is 13.9 Å². The standard InChI is InChI=1S/C18H38N2O.H2O4S/c1-6-8-9-10-11-12-13-14-15-16-18(21)19-17(7-2)20(3,4)5;1-5(2,3)4/h17H,6-16H2,1-5H3;(H2,1,2,3,4)/p+1. The summed E-state index contributed by atoms with van der Waals surface area (Å²) in [6, 6.07) is 0. The molecule has 0 saturated heterocycles. The van der Waals surface area contributed by atoms with Crippen LogP contribution in [-0.2, 0) is 15.2 Å². The molecule has 0 heterocycles. The van der Waals surface area contributed by atoms with Gasteiger partial charge in [-0.2, -0.15) is 8.42 Å². The van der Waals surface area contributed by atoms with Gasteiger partial charge in [0.25, 0.3) is 0 Å². The van der Waals surface area contributed by atoms with Gasteiger partial charge in [0, 0.05) is 12.8 Å². The maximum atomic E-state index is 11.9. The number of unbranched alkanes of at least 4 members (excludes halogenated alkanes) is 8. The van der Waals surface area contributed by atoms with Gasteiger partial charge in [-0.15, -0.1) is 0 Å². The molecule has 0 aromatic carbocycles. The number of amides is 1. The molecule has 1 unspecified atom stereocenters. The highest BCUT2D eigenvalue weighted by Crippen LogP contribution is 2.11. The van der Waals surface area contributed by atoms with Crippen LogP contribution in [0.3, 0.4) is 0 Å². The minimum Gasteiger partial charge on any atom is -0.311 e. The Morgan fingerprint density at radius 1 is 0.885 bits per heavy atom. The summed E-state index contributed by atoms with van der Waals surface area (Å²) in [7, 11) is 1.73. The molecule has 0 radical (unpaired) electrons. The van der Waals surface area contributed by atoms with Gasteiger partial charge >= 0.3 is 10.4 Å². The van der Waals surface area contributed by atoms with E-state index in [0.29, 0.717) is 6.42 Å². The van der Waals surface area contributed by atoms with Gasteiger partial charge in [-0.25, -0.2) is 0 Å². The third-order valence-corrected chi connectivity index (χ3v) is 4.16. The van der Waals surface area contributed by atoms with Crippen molar-refractivity contribution in [2.45, 2.75) is 90.6 Å². The highest BCUT2D eigenvalue weighted by Gasteiger charge is 2.22. The normalized spacial score (nSPS) is 12.9. The summed E-state index contributed by atoms with van der Waals surface area (Å²) in [6.07, 6.45) is 13.6. The Balaban J connectivity index is 0. The molecule has 0 aliphatic carbocycles. The Labute approximate surface area is 160 Å². The second-order valence-corrected chi connectivity index (χ2v) is 8.53. The summed E-state index contributed by atoms with van der Waals surface area (Å²) in [4.78, 5) is 11.9. The molecule has 7 nitrogen and oxygen atoms in total. The molecule has 0 aromatic heterocycles. The average Bonchev–Trinajstić information content (AvgIpc) is 2.48. The average molecular weight is 398 g/mol. The van der Waals surface area contributed by atoms with Crippen molar-refractivity contribution in [3.8, 4) is 0 Å². The van der Waals surface area contributed by atoms with Gasteiger partial charge in [-0.05, 0) is 6.42 Å². The summed E-state index contributed by atoms with van der Waals surface area (Å²) < 4.78 is 32.4. The first-order chi connectivity index (χ1) is 11.9. The first-order valence-corrected chi connectivity index (χ1v) is 11.1. The number of nitrogens with one attached hydrogen (secondary N) is 1. The molecule has 0 bridgehead atoms. The Kier molecular flexibility index (Phi) is 16.3. The predicted octanol–water partition coefficient (Wildman–Crippen LogP) is 3.81. The van der Waals surface area contributed by atoms with Crippen molar-refractivity contribution in [2.24, 2.45) is 0 Å². The Hall–Kier alpha value is -0.700. The summed E-state index contributed by atoms with van der Waals surface area (Å²) in [5, 5.41) is 3.17. The molecule has 0 rings (SSSR count). The molecule has 0 aliphatic rings. The second kappa shape index (κ2) is 15.4. The minimum atomic E-state index is -4.67. The summed E-state index contributed by atoms with van der Waals surface area (Å²) in [5.41, 5.74) is 0. The second-order valence-electron chi connectivity index (χ2n) is 7.63. The van der Waals surface area contributed by atoms with Crippen molar-refractivity contribution in [2.75, 3.05) is 21.1 Å². The minimum absolute atomic E-state index is 0.220. The first kappa shape index (κ1) is 27.5. The number of quaternary nitrogens is 1. The topological polar surface area (TPSA) is 104 Å². The van der Waals surface area contributed by atoms with E-state index >= 15 is 0 Å². The Morgan fingerprint density at radius 2 is 1.27 bits per heavy atom. The lowest BCUT2D eigenvalue weighted by molar-refractivity contribution is -0.898. The van der Waals surface area contributed by atoms with Gasteiger partial charge in [0.1, 0.15) is 0 Å². The van der Waals surface area contributed by atoms with Gasteiger partial charge in [0.05, 0.1) is 21.1 Å². The highest BCUT2D eigenvalue weighted by molar-refractivity contribution is 7.79. The molecule has 1 amide bonds. The molecule has 8 heteroatoms. The van der Waals surface area contributed by atoms with Crippen LogP contribution < -0.4 is 5.32 Å². The van der Waals surface area contributed by atoms with E-state index < -0.39 is 10.4 Å². The van der Waals surface area contributed by atoms with Crippen LogP contribution in [0.15, 0.2) is 0 Å². The number of carbonyl (C=O) groups is 1. The lowest BCUT2D eigenvalue weighted by atomic mass is 10.1. The smallest absolute Gasteiger partial charge is 0.311 e. The van der Waals surface area contributed by atoms with Crippen LogP contribution in [0.2, 0.25) is 0 Å². The zero-order valence-electron chi connectivity index (χ0n) is 17.3. The maximum Gasteiger partial charge on any atom is 0.394 e. The van der Waals surface area contributed by atoms with Crippen LogP contribution in [0.25, 0.3) is 0 Å². The molecule has 158 valence electrons. The van der Waals surface area contributed by atoms with Gasteiger partial charge in [0.15, 0.2) is 6.17 Å². The fourth-order valence-electron chi connectivity index (χ4n) is 2.70. The van der Waals surface area contributed by atoms with Gasteiger partial charge in [0.2, 0.25) is 5.91 Å². The third kappa shape index (κ3) is 23.3. The number of nitrogens with zero attached hydrogens (tertiary/aromatic N) is 1. The molecule has 3 N–H and O–H groups in total. The summed E-state index contributed by atoms with van der Waals surface area (Å²) in [5.74, 6) is 0.220. The van der Waals surface area contributed by atoms with Gasteiger partial charge < -0.3 is 9.80 Å². The van der Waals surface area contributed by atoms with E-state index in [4.69, 9.17) is 17.5 Å². The van der Waals surface area contributed by atoms with Crippen molar-refractivity contribution in [1.29, 1.82) is 0 Å². The van der Waals surface area contributed by atoms with Gasteiger partial charge in [-0.1, -0.05) is 65.2 Å². The third-order valence-electron chi connectivity index (χ3n) is 4.16. The molecule has 0 aromatic rings. The Morgan fingerprint density at radius 3 is 1.62 bits per heavy atom. The largest absolute Gasteiger partial charge is 0.394 e. The predicted molar refractivity (Wildman–Crippen MR) is 106 cm³/mol. The van der Waals surface area contributed by atoms with E-state index in [2.05, 4.69) is 40.3 Å². The van der Waals surface area contributed by atoms with Crippen LogP contribution in [0.5, 0.6) is 0 Å². The number of carbonyl (C=O) groups excluding carboxylic acids is 1. The van der Waals surface area contributed by atoms with Crippen molar-refractivity contribution in [3.05, 3.63) is 0 Å². The SMILES string of the molecule is CCCCCCCCCCCC(=O)NC(CC)[N+](C)(C)C.O=S(=O)(O)O. The monoisotopic (exact) mass is 397 g/mol. The van der Waals surface area contributed by atoms with Crippen molar-refractivity contribution in [3.63, 3.8) is 0 Å². The van der Waals surface area contributed by atoms with E-state index in [1.54, 1.807) is 0 Å². The number of hydrogen-bond acceptors (Lipinski definition) is 3. The van der Waals surface area contributed by atoms with Crippen molar-refractivity contribution in [1.82, 2.24) is 5.32 Å². The maximum absolute atomic E-state index is 11.9. The van der Waals surface area contributed by atoms with Crippen LogP contribution in [0, 0.1) is 0 Å². The lowest BCUT2D eigenvalue weighted by Crippen LogP contribution is -2.54. The zero-order chi connectivity index (χ0) is 20.6. The molecule has 1 atom stereocenters. The first-order valence-electron chi connectivity index (χ1n) is 9.72. The summed E-state index contributed by atoms with van der Waals surface area (Å²) in [6.45, 7) is 4.39. The quantitative estimate of drug-likeness (QED) is 0.190. The van der Waals surface area contributed by atoms with E-state index in [1.807, 2.05) is 0 Å². The van der Waals surface area contributed by atoms with E-state index in [0.717, 1.165) is 17.3 Å². The van der Waals surface area contributed by atoms with E-state index in [-0.39, 0.29) is 12.1 Å². The molecule has 0 fully saturated rings. The van der Waals surface area contributed by atoms with E-state index in [1.165, 1.54) is 51.4 Å². The zero-order valence-corrected chi connectivity index (χ0v) is 18.1. The molecular weight excluding hydrogens is 356 g/mol. The van der Waals surface area contributed by atoms with Crippen molar-refractivity contribution >= 4 is 16.3 Å². The molecule has 0 saturated carbocycles. The Bertz CT molecular complexity index is 439. The highest BCUT2D eigenvalue weighted by atomic mass is 32.3. The molecule has 0 spiro atoms. The molecule has 26 heavy (non-hydrogen) atoms. The molecular formula is C18H41N2O5S+. The molecule has 0 aliphatic heterocycles. The number of rotatable bonds is 13. The van der Waals surface area contributed by atoms with E-state index in [9.17, 15) is 4.79 Å². The fraction of sp³-hybridized carbons (Fsp3) is 0.944. The van der Waals surface area contributed by atoms with Crippen LogP contribution in [-0.4, -0.2) is 55.2 Å². The number of hydrogen-bond donors (Lipinski definition) is 3. The van der Waals surface area contributed by atoms with Crippen LogP contribution in [0.1, 0.15) is 84.5 Å². The van der Waals surface area contributed by atoms with Crippen LogP contribution >= 0.6 is 0 Å². The van der Waals surface area contributed by atoms with Crippen LogP contribution in [0.4, 0.5) is 0 Å².